The van der Waals surface area contributed by atoms with Gasteiger partial charge < -0.3 is 19.4 Å². The summed E-state index contributed by atoms with van der Waals surface area (Å²) >= 11 is 6.54. The molecule has 2 aliphatic heterocycles. The SMILES string of the molecule is [C-]#[N+]C[C@H]1CN(c2nc(OC[C@@H]3C[C@@H](F)CN3C)nc3c(F)c(-c4cncc5cccc(Cl)c45)ccc23)CCN1C(=O)C(=C)F. The molecule has 2 saturated heterocycles. The summed E-state index contributed by atoms with van der Waals surface area (Å²) in [5, 5.41) is 2.20. The lowest BCUT2D eigenvalue weighted by atomic mass is 9.99. The number of carbonyl (C=O) groups excluding carboxylic acids is 1. The van der Waals surface area contributed by atoms with Gasteiger partial charge in [0.25, 0.3) is 5.91 Å². The van der Waals surface area contributed by atoms with E-state index in [9.17, 15) is 13.6 Å². The number of fused-ring (bicyclic) bond motifs is 2. The highest BCUT2D eigenvalue weighted by Crippen LogP contribution is 2.38. The second-order valence-corrected chi connectivity index (χ2v) is 11.7. The Balaban J connectivity index is 1.45. The fraction of sp³-hybridized carbons (Fsp3) is 0.344. The Labute approximate surface area is 262 Å². The number of nitrogens with zero attached hydrogens (tertiary/aromatic N) is 7. The van der Waals surface area contributed by atoms with Crippen LogP contribution < -0.4 is 9.64 Å². The van der Waals surface area contributed by atoms with Crippen molar-refractivity contribution in [2.24, 2.45) is 0 Å². The first-order chi connectivity index (χ1) is 21.7. The number of rotatable bonds is 7. The van der Waals surface area contributed by atoms with E-state index in [1.54, 1.807) is 43.7 Å². The fourth-order valence-electron chi connectivity index (χ4n) is 6.14. The van der Waals surface area contributed by atoms with Gasteiger partial charge in [-0.25, -0.2) is 19.7 Å². The number of ether oxygens (including phenoxy) is 1. The van der Waals surface area contributed by atoms with Crippen LogP contribution in [0.1, 0.15) is 6.42 Å². The molecule has 45 heavy (non-hydrogen) atoms. The van der Waals surface area contributed by atoms with E-state index in [-0.39, 0.29) is 62.5 Å². The predicted molar refractivity (Wildman–Crippen MR) is 166 cm³/mol. The number of hydrogen-bond acceptors (Lipinski definition) is 7. The molecular formula is C32H29ClF3N7O2. The summed E-state index contributed by atoms with van der Waals surface area (Å²) in [6.07, 6.45) is 2.51. The van der Waals surface area contributed by atoms with Crippen molar-refractivity contribution < 1.29 is 22.7 Å². The lowest BCUT2D eigenvalue weighted by Crippen LogP contribution is -2.56. The van der Waals surface area contributed by atoms with Crippen LogP contribution in [0.25, 0.3) is 37.6 Å². The van der Waals surface area contributed by atoms with Gasteiger partial charge in [0, 0.05) is 76.9 Å². The molecule has 9 nitrogen and oxygen atoms in total. The molecule has 0 spiro atoms. The topological polar surface area (TPSA) is 79.1 Å². The second kappa shape index (κ2) is 12.5. The minimum atomic E-state index is -1.10. The third-order valence-electron chi connectivity index (χ3n) is 8.41. The lowest BCUT2D eigenvalue weighted by Gasteiger charge is -2.39. The van der Waals surface area contributed by atoms with Crippen molar-refractivity contribution in [2.75, 3.05) is 51.3 Å². The van der Waals surface area contributed by atoms with Gasteiger partial charge in [-0.1, -0.05) is 36.4 Å². The van der Waals surface area contributed by atoms with Crippen molar-refractivity contribution >= 4 is 45.0 Å². The molecule has 13 heteroatoms. The quantitative estimate of drug-likeness (QED) is 0.197. The van der Waals surface area contributed by atoms with Gasteiger partial charge in [0.2, 0.25) is 6.54 Å². The van der Waals surface area contributed by atoms with E-state index >= 15 is 4.39 Å². The standard InChI is InChI=1S/C32H29ClF3N7O2/c1-18(34)31(44)43-10-9-42(16-22(43)13-37-2)30-24-8-7-23(25-14-38-12-19-5-4-6-26(33)27(19)25)28(36)29(24)39-32(40-30)45-17-21-11-20(35)15-41(21)3/h4-8,12,14,20-22H,1,9-11,13,15-17H2,3H3/t20-,21+,22+/m1/s1. The molecule has 2 aromatic carbocycles. The van der Waals surface area contributed by atoms with Crippen LogP contribution in [0.3, 0.4) is 0 Å². The number of likely N-dealkylation sites (tertiary alicyclic amines) is 1. The average molecular weight is 636 g/mol. The molecule has 0 aliphatic carbocycles. The number of hydrogen-bond donors (Lipinski definition) is 0. The molecule has 0 N–H and O–H groups in total. The van der Waals surface area contributed by atoms with E-state index in [4.69, 9.17) is 22.9 Å². The van der Waals surface area contributed by atoms with Crippen LogP contribution in [-0.4, -0.2) is 95.3 Å². The molecule has 6 rings (SSSR count). The Morgan fingerprint density at radius 1 is 1.16 bits per heavy atom. The number of anilines is 1. The summed E-state index contributed by atoms with van der Waals surface area (Å²) in [5.41, 5.74) is 0.692. The number of halogens is 4. The number of likely N-dealkylation sites (N-methyl/N-ethyl adjacent to an activating group) is 1. The number of aromatic nitrogens is 3. The number of carbonyl (C=O) groups is 1. The van der Waals surface area contributed by atoms with Gasteiger partial charge in [-0.2, -0.15) is 9.97 Å². The zero-order chi connectivity index (χ0) is 31.8. The zero-order valence-corrected chi connectivity index (χ0v) is 25.1. The maximum absolute atomic E-state index is 16.6. The highest BCUT2D eigenvalue weighted by molar-refractivity contribution is 6.36. The molecule has 0 radical (unpaired) electrons. The van der Waals surface area contributed by atoms with Crippen LogP contribution in [-0.2, 0) is 4.79 Å². The fourth-order valence-corrected chi connectivity index (χ4v) is 6.43. The summed E-state index contributed by atoms with van der Waals surface area (Å²) < 4.78 is 50.4. The molecule has 2 fully saturated rings. The van der Waals surface area contributed by atoms with Gasteiger partial charge in [0.05, 0.1) is 0 Å². The first-order valence-electron chi connectivity index (χ1n) is 14.4. The molecule has 2 aromatic heterocycles. The maximum Gasteiger partial charge on any atom is 0.319 e. The number of alkyl halides is 1. The number of pyridine rings is 1. The van der Waals surface area contributed by atoms with Crippen molar-refractivity contribution in [1.29, 1.82) is 0 Å². The molecule has 0 bridgehead atoms. The van der Waals surface area contributed by atoms with Gasteiger partial charge in [-0.05, 0) is 25.6 Å². The molecule has 3 atom stereocenters. The lowest BCUT2D eigenvalue weighted by molar-refractivity contribution is -0.131. The van der Waals surface area contributed by atoms with E-state index in [2.05, 4.69) is 26.4 Å². The van der Waals surface area contributed by atoms with E-state index in [0.717, 1.165) is 5.39 Å². The largest absolute Gasteiger partial charge is 0.462 e. The smallest absolute Gasteiger partial charge is 0.319 e. The summed E-state index contributed by atoms with van der Waals surface area (Å²) in [7, 11) is 1.81. The van der Waals surface area contributed by atoms with Gasteiger partial charge in [0.1, 0.15) is 30.2 Å². The molecule has 232 valence electrons. The number of piperazine rings is 1. The summed E-state index contributed by atoms with van der Waals surface area (Å²) in [5.74, 6) is -2.28. The van der Waals surface area contributed by atoms with Crippen LogP contribution in [0.5, 0.6) is 6.01 Å². The van der Waals surface area contributed by atoms with Crippen LogP contribution in [0.2, 0.25) is 5.02 Å². The summed E-state index contributed by atoms with van der Waals surface area (Å²) in [6.45, 7) is 11.3. The monoisotopic (exact) mass is 635 g/mol. The number of amides is 1. The third kappa shape index (κ3) is 5.85. The molecule has 1 amide bonds. The van der Waals surface area contributed by atoms with Crippen LogP contribution in [0, 0.1) is 12.4 Å². The molecule has 4 heterocycles. The Morgan fingerprint density at radius 3 is 2.71 bits per heavy atom. The number of benzene rings is 2. The van der Waals surface area contributed by atoms with Crippen molar-refractivity contribution in [3.8, 4) is 17.1 Å². The van der Waals surface area contributed by atoms with Crippen LogP contribution in [0.15, 0.2) is 55.1 Å². The average Bonchev–Trinajstić information content (AvgIpc) is 3.36. The molecule has 2 aliphatic rings. The Kier molecular flexibility index (Phi) is 8.48. The minimum absolute atomic E-state index is 0.0166. The van der Waals surface area contributed by atoms with Gasteiger partial charge in [-0.3, -0.25) is 14.7 Å². The van der Waals surface area contributed by atoms with E-state index in [0.29, 0.717) is 33.6 Å². The van der Waals surface area contributed by atoms with Crippen molar-refractivity contribution in [3.05, 3.63) is 77.4 Å². The highest BCUT2D eigenvalue weighted by atomic mass is 35.5. The van der Waals surface area contributed by atoms with Gasteiger partial charge >= 0.3 is 6.01 Å². The van der Waals surface area contributed by atoms with Crippen molar-refractivity contribution in [1.82, 2.24) is 24.8 Å². The zero-order valence-electron chi connectivity index (χ0n) is 24.4. The van der Waals surface area contributed by atoms with Crippen molar-refractivity contribution in [2.45, 2.75) is 24.7 Å². The molecular weight excluding hydrogens is 607 g/mol. The van der Waals surface area contributed by atoms with E-state index < -0.39 is 29.8 Å². The van der Waals surface area contributed by atoms with Gasteiger partial charge in [-0.15, -0.1) is 0 Å². The Bertz CT molecular complexity index is 1850. The Hall–Kier alpha value is -4.47. The summed E-state index contributed by atoms with van der Waals surface area (Å²) in [6, 6.07) is 7.70. The van der Waals surface area contributed by atoms with Crippen LogP contribution >= 0.6 is 11.6 Å². The molecule has 4 aromatic rings. The second-order valence-electron chi connectivity index (χ2n) is 11.3. The third-order valence-corrected chi connectivity index (χ3v) is 8.72. The maximum atomic E-state index is 16.6. The summed E-state index contributed by atoms with van der Waals surface area (Å²) in [4.78, 5) is 34.3. The first kappa shape index (κ1) is 30.6. The Morgan fingerprint density at radius 2 is 1.98 bits per heavy atom. The molecule has 0 saturated carbocycles. The molecule has 0 unspecified atom stereocenters. The first-order valence-corrected chi connectivity index (χ1v) is 14.8. The van der Waals surface area contributed by atoms with Crippen LogP contribution in [0.4, 0.5) is 19.0 Å². The highest BCUT2D eigenvalue weighted by Gasteiger charge is 2.36. The normalized spacial score (nSPS) is 20.5. The van der Waals surface area contributed by atoms with Crippen molar-refractivity contribution in [3.63, 3.8) is 0 Å². The predicted octanol–water partition coefficient (Wildman–Crippen LogP) is 5.48. The van der Waals surface area contributed by atoms with Gasteiger partial charge in [0.15, 0.2) is 11.6 Å². The van der Waals surface area contributed by atoms with E-state index in [1.165, 1.54) is 4.90 Å². The van der Waals surface area contributed by atoms with E-state index in [1.807, 2.05) is 15.9 Å². The minimum Gasteiger partial charge on any atom is -0.462 e.